The van der Waals surface area contributed by atoms with Crippen molar-refractivity contribution in [1.29, 1.82) is 0 Å². The number of methoxy groups -OCH3 is 2. The monoisotopic (exact) mass is 450 g/mol. The van der Waals surface area contributed by atoms with Gasteiger partial charge in [0.15, 0.2) is 0 Å². The number of hydrogen-bond acceptors (Lipinski definition) is 5. The van der Waals surface area contributed by atoms with Crippen LogP contribution in [-0.4, -0.2) is 44.1 Å². The number of amides is 2. The third kappa shape index (κ3) is 4.40. The molecule has 0 fully saturated rings. The van der Waals surface area contributed by atoms with Gasteiger partial charge in [-0.05, 0) is 40.8 Å². The van der Waals surface area contributed by atoms with Crippen LogP contribution in [0, 0.1) is 0 Å². The largest absolute Gasteiger partial charge is 0.497 e. The summed E-state index contributed by atoms with van der Waals surface area (Å²) in [7, 11) is 3.23. The molecule has 0 saturated heterocycles. The first-order chi connectivity index (χ1) is 15.6. The Balaban J connectivity index is 1.69. The number of hydrogen-bond donors (Lipinski definition) is 1. The molecule has 0 saturated carbocycles. The van der Waals surface area contributed by atoms with Gasteiger partial charge in [0.05, 0.1) is 25.7 Å². The third-order valence-corrected chi connectivity index (χ3v) is 6.64. The Morgan fingerprint density at radius 2 is 1.94 bits per heavy atom. The molecule has 7 heteroatoms. The molecule has 1 N–H and O–H groups in total. The molecule has 1 aromatic heterocycles. The highest BCUT2D eigenvalue weighted by Gasteiger charge is 2.44. The van der Waals surface area contributed by atoms with Crippen molar-refractivity contribution in [2.75, 3.05) is 27.4 Å². The van der Waals surface area contributed by atoms with E-state index in [0.29, 0.717) is 25.3 Å². The van der Waals surface area contributed by atoms with Crippen LogP contribution in [0.3, 0.4) is 0 Å². The molecule has 0 radical (unpaired) electrons. The van der Waals surface area contributed by atoms with Crippen molar-refractivity contribution in [3.05, 3.63) is 87.6 Å². The predicted octanol–water partition coefficient (Wildman–Crippen LogP) is 4.00. The van der Waals surface area contributed by atoms with E-state index in [-0.39, 0.29) is 11.8 Å². The number of fused-ring (bicyclic) bond motifs is 1. The average molecular weight is 451 g/mol. The number of rotatable bonds is 8. The van der Waals surface area contributed by atoms with E-state index in [1.807, 2.05) is 60.0 Å². The molecule has 166 valence electrons. The second-order valence-corrected chi connectivity index (χ2v) is 8.57. The minimum absolute atomic E-state index is 0.0760. The molecule has 1 aliphatic heterocycles. The van der Waals surface area contributed by atoms with Crippen LogP contribution in [0.5, 0.6) is 5.75 Å². The van der Waals surface area contributed by atoms with Gasteiger partial charge in [-0.25, -0.2) is 0 Å². The summed E-state index contributed by atoms with van der Waals surface area (Å²) >= 11 is 1.55. The summed E-state index contributed by atoms with van der Waals surface area (Å²) in [5.41, 5.74) is 2.27. The summed E-state index contributed by atoms with van der Waals surface area (Å²) in [6.45, 7) is 1.18. The number of ether oxygens (including phenoxy) is 2. The minimum Gasteiger partial charge on any atom is -0.497 e. The first-order valence-corrected chi connectivity index (χ1v) is 11.3. The Morgan fingerprint density at radius 1 is 1.09 bits per heavy atom. The molecular weight excluding hydrogens is 424 g/mol. The van der Waals surface area contributed by atoms with Gasteiger partial charge in [0.2, 0.25) is 5.91 Å². The molecule has 0 unspecified atom stereocenters. The van der Waals surface area contributed by atoms with E-state index in [2.05, 4.69) is 5.32 Å². The molecule has 0 bridgehead atoms. The fourth-order valence-electron chi connectivity index (χ4n) is 4.17. The lowest BCUT2D eigenvalue weighted by atomic mass is 9.81. The molecule has 4 rings (SSSR count). The smallest absolute Gasteiger partial charge is 0.254 e. The highest BCUT2D eigenvalue weighted by Crippen LogP contribution is 2.44. The van der Waals surface area contributed by atoms with Crippen LogP contribution in [0.15, 0.2) is 66.0 Å². The molecule has 6 nitrogen and oxygen atoms in total. The zero-order valence-electron chi connectivity index (χ0n) is 18.1. The first-order valence-electron chi connectivity index (χ1n) is 10.5. The van der Waals surface area contributed by atoms with Crippen LogP contribution in [-0.2, 0) is 16.1 Å². The fourth-order valence-corrected chi connectivity index (χ4v) is 5.04. The van der Waals surface area contributed by atoms with Crippen molar-refractivity contribution < 1.29 is 19.1 Å². The quantitative estimate of drug-likeness (QED) is 0.563. The summed E-state index contributed by atoms with van der Waals surface area (Å²) in [6.07, 6.45) is 0. The van der Waals surface area contributed by atoms with Crippen molar-refractivity contribution >= 4 is 23.2 Å². The molecular formula is C25H26N2O4S. The first kappa shape index (κ1) is 22.0. The maximum absolute atomic E-state index is 13.6. The van der Waals surface area contributed by atoms with Crippen LogP contribution < -0.4 is 10.1 Å². The van der Waals surface area contributed by atoms with Crippen LogP contribution in [0.4, 0.5) is 0 Å². The zero-order valence-corrected chi connectivity index (χ0v) is 18.9. The molecule has 0 aliphatic carbocycles. The van der Waals surface area contributed by atoms with Gasteiger partial charge in [0.1, 0.15) is 5.75 Å². The Morgan fingerprint density at radius 3 is 2.69 bits per heavy atom. The van der Waals surface area contributed by atoms with Crippen molar-refractivity contribution in [3.8, 4) is 5.75 Å². The molecule has 2 amide bonds. The van der Waals surface area contributed by atoms with Crippen LogP contribution in [0.25, 0.3) is 0 Å². The molecule has 2 aromatic carbocycles. The van der Waals surface area contributed by atoms with Gasteiger partial charge in [0.25, 0.3) is 5.91 Å². The Kier molecular flexibility index (Phi) is 6.87. The van der Waals surface area contributed by atoms with E-state index in [4.69, 9.17) is 9.47 Å². The predicted molar refractivity (Wildman–Crippen MR) is 124 cm³/mol. The van der Waals surface area contributed by atoms with E-state index in [0.717, 1.165) is 21.8 Å². The summed E-state index contributed by atoms with van der Waals surface area (Å²) in [5, 5.41) is 5.06. The van der Waals surface area contributed by atoms with Crippen molar-refractivity contribution in [1.82, 2.24) is 10.2 Å². The number of benzene rings is 2. The molecule has 1 aliphatic rings. The van der Waals surface area contributed by atoms with Gasteiger partial charge in [0, 0.05) is 30.6 Å². The Hall–Kier alpha value is -3.16. The Bertz CT molecular complexity index is 1080. The average Bonchev–Trinajstić information content (AvgIpc) is 3.36. The summed E-state index contributed by atoms with van der Waals surface area (Å²) < 4.78 is 10.6. The van der Waals surface area contributed by atoms with Crippen LogP contribution in [0.1, 0.15) is 38.3 Å². The fraction of sp³-hybridized carbons (Fsp3) is 0.280. The van der Waals surface area contributed by atoms with Crippen LogP contribution in [0.2, 0.25) is 0 Å². The molecule has 3 aromatic rings. The summed E-state index contributed by atoms with van der Waals surface area (Å²) in [6, 6.07) is 18.6. The number of thiophene rings is 1. The molecule has 0 spiro atoms. The second-order valence-electron chi connectivity index (χ2n) is 7.59. The lowest BCUT2D eigenvalue weighted by Gasteiger charge is -2.41. The van der Waals surface area contributed by atoms with Gasteiger partial charge in [-0.2, -0.15) is 0 Å². The zero-order chi connectivity index (χ0) is 22.5. The van der Waals surface area contributed by atoms with E-state index in [1.165, 1.54) is 0 Å². The van der Waals surface area contributed by atoms with E-state index in [9.17, 15) is 9.59 Å². The van der Waals surface area contributed by atoms with E-state index < -0.39 is 12.0 Å². The maximum atomic E-state index is 13.6. The van der Waals surface area contributed by atoms with Gasteiger partial charge >= 0.3 is 0 Å². The number of carbonyl (C=O) groups excluding carboxylic acids is 2. The number of nitrogens with one attached hydrogen (secondary N) is 1. The lowest BCUT2D eigenvalue weighted by molar-refractivity contribution is -0.124. The summed E-state index contributed by atoms with van der Waals surface area (Å²) in [4.78, 5) is 29.7. The SMILES string of the molecule is COCCN1C(=O)c2ccccc2[C@H](C(=O)NCc2cccc(OC)c2)[C@H]1c1cccs1. The number of nitrogens with zero attached hydrogens (tertiary/aromatic N) is 1. The van der Waals surface area contributed by atoms with E-state index >= 15 is 0 Å². The standard InChI is InChI=1S/C25H26N2O4S/c1-30-13-12-27-23(21-11-6-14-32-21)22(19-9-3-4-10-20(19)25(27)29)24(28)26-16-17-7-5-8-18(15-17)31-2/h3-11,14-15,22-23H,12-13,16H2,1-2H3,(H,26,28)/t22-,23+/m0/s1. The second kappa shape index (κ2) is 9.97. The summed E-state index contributed by atoms with van der Waals surface area (Å²) in [5.74, 6) is 0.0269. The molecule has 32 heavy (non-hydrogen) atoms. The van der Waals surface area contributed by atoms with Crippen molar-refractivity contribution in [2.45, 2.75) is 18.5 Å². The third-order valence-electron chi connectivity index (χ3n) is 5.69. The minimum atomic E-state index is -0.523. The van der Waals surface area contributed by atoms with E-state index in [1.54, 1.807) is 36.5 Å². The Labute approximate surface area is 191 Å². The normalized spacial score (nSPS) is 17.7. The topological polar surface area (TPSA) is 67.9 Å². The molecule has 2 heterocycles. The highest BCUT2D eigenvalue weighted by atomic mass is 32.1. The van der Waals surface area contributed by atoms with Gasteiger partial charge in [-0.15, -0.1) is 11.3 Å². The maximum Gasteiger partial charge on any atom is 0.254 e. The lowest BCUT2D eigenvalue weighted by Crippen LogP contribution is -2.48. The van der Waals surface area contributed by atoms with Gasteiger partial charge in [-0.3, -0.25) is 9.59 Å². The number of carbonyl (C=O) groups is 2. The van der Waals surface area contributed by atoms with Gasteiger partial charge in [-0.1, -0.05) is 36.4 Å². The highest BCUT2D eigenvalue weighted by molar-refractivity contribution is 7.10. The van der Waals surface area contributed by atoms with Gasteiger partial charge < -0.3 is 19.7 Å². The van der Waals surface area contributed by atoms with Crippen LogP contribution >= 0.6 is 11.3 Å². The van der Waals surface area contributed by atoms with Crippen molar-refractivity contribution in [2.24, 2.45) is 0 Å². The molecule has 2 atom stereocenters. The van der Waals surface area contributed by atoms with Crippen molar-refractivity contribution in [3.63, 3.8) is 0 Å².